The number of hydrogen-bond acceptors (Lipinski definition) is 4. The van der Waals surface area contributed by atoms with Crippen LogP contribution in [-0.4, -0.2) is 43.7 Å². The molecular weight excluding hydrogens is 294 g/mol. The quantitative estimate of drug-likeness (QED) is 0.875. The van der Waals surface area contributed by atoms with Crippen molar-refractivity contribution in [3.05, 3.63) is 23.8 Å². The Kier molecular flexibility index (Phi) is 6.28. The van der Waals surface area contributed by atoms with E-state index in [0.717, 1.165) is 25.7 Å². The molecule has 0 bridgehead atoms. The van der Waals surface area contributed by atoms with Gasteiger partial charge in [0.1, 0.15) is 0 Å². The summed E-state index contributed by atoms with van der Waals surface area (Å²) in [7, 11) is 4.90. The van der Waals surface area contributed by atoms with Crippen molar-refractivity contribution in [1.29, 1.82) is 0 Å². The van der Waals surface area contributed by atoms with E-state index in [9.17, 15) is 9.90 Å². The number of methoxy groups -OCH3 is 2. The topological polar surface area (TPSA) is 59.0 Å². The first kappa shape index (κ1) is 17.6. The molecule has 0 saturated heterocycles. The lowest BCUT2D eigenvalue weighted by atomic mass is 9.88. The molecule has 1 fully saturated rings. The minimum Gasteiger partial charge on any atom is -0.493 e. The molecule has 1 N–H and O–H groups in total. The predicted molar refractivity (Wildman–Crippen MR) is 88.7 cm³/mol. The fourth-order valence-corrected chi connectivity index (χ4v) is 3.18. The summed E-state index contributed by atoms with van der Waals surface area (Å²) < 4.78 is 10.5. The highest BCUT2D eigenvalue weighted by atomic mass is 16.5. The number of hydrogen-bond donors (Lipinski definition) is 1. The molecule has 128 valence electrons. The average molecular weight is 321 g/mol. The number of rotatable bonds is 6. The van der Waals surface area contributed by atoms with Crippen LogP contribution in [0.5, 0.6) is 11.5 Å². The summed E-state index contributed by atoms with van der Waals surface area (Å²) >= 11 is 0. The van der Waals surface area contributed by atoms with Crippen LogP contribution in [0.1, 0.15) is 43.8 Å². The lowest BCUT2D eigenvalue weighted by Gasteiger charge is -2.28. The van der Waals surface area contributed by atoms with Gasteiger partial charge in [-0.3, -0.25) is 4.79 Å². The van der Waals surface area contributed by atoms with E-state index in [2.05, 4.69) is 0 Å². The molecule has 2 rings (SSSR count). The number of carbonyl (C=O) groups excluding carboxylic acids is 1. The first-order valence-electron chi connectivity index (χ1n) is 8.21. The number of likely N-dealkylation sites (N-methyl/N-ethyl adjacent to an activating group) is 1. The van der Waals surface area contributed by atoms with Crippen LogP contribution in [0.15, 0.2) is 18.2 Å². The molecule has 0 radical (unpaired) electrons. The van der Waals surface area contributed by atoms with Crippen molar-refractivity contribution in [2.24, 2.45) is 5.92 Å². The van der Waals surface area contributed by atoms with E-state index in [0.29, 0.717) is 17.1 Å². The van der Waals surface area contributed by atoms with E-state index in [-0.39, 0.29) is 18.4 Å². The van der Waals surface area contributed by atoms with Crippen LogP contribution in [0.4, 0.5) is 0 Å². The summed E-state index contributed by atoms with van der Waals surface area (Å²) in [6.07, 6.45) is 4.67. The van der Waals surface area contributed by atoms with E-state index in [4.69, 9.17) is 9.47 Å². The molecule has 0 aromatic heterocycles. The third kappa shape index (κ3) is 4.38. The molecule has 1 aromatic rings. The van der Waals surface area contributed by atoms with Crippen molar-refractivity contribution in [2.45, 2.75) is 38.2 Å². The van der Waals surface area contributed by atoms with Gasteiger partial charge in [-0.2, -0.15) is 0 Å². The van der Waals surface area contributed by atoms with Gasteiger partial charge in [0.25, 0.3) is 0 Å². The maximum Gasteiger partial charge on any atom is 0.225 e. The van der Waals surface area contributed by atoms with Crippen LogP contribution in [0, 0.1) is 5.92 Å². The first-order valence-corrected chi connectivity index (χ1v) is 8.21. The zero-order valence-corrected chi connectivity index (χ0v) is 14.2. The number of aliphatic hydroxyl groups excluding tert-OH is 1. The largest absolute Gasteiger partial charge is 0.493 e. The summed E-state index contributed by atoms with van der Waals surface area (Å²) in [6.45, 7) is 0.283. The van der Waals surface area contributed by atoms with Gasteiger partial charge in [-0.1, -0.05) is 25.3 Å². The second-order valence-electron chi connectivity index (χ2n) is 6.18. The van der Waals surface area contributed by atoms with Gasteiger partial charge in [0.05, 0.1) is 26.9 Å². The fourth-order valence-electron chi connectivity index (χ4n) is 3.18. The van der Waals surface area contributed by atoms with E-state index in [1.807, 2.05) is 0 Å². The minimum atomic E-state index is -0.743. The van der Waals surface area contributed by atoms with Crippen LogP contribution in [0.3, 0.4) is 0 Å². The van der Waals surface area contributed by atoms with Crippen LogP contribution in [0.2, 0.25) is 0 Å². The van der Waals surface area contributed by atoms with E-state index >= 15 is 0 Å². The van der Waals surface area contributed by atoms with E-state index in [1.165, 1.54) is 6.42 Å². The SMILES string of the molecule is COc1ccc(C(O)CN(C)C(=O)C2CCCCC2)cc1OC. The van der Waals surface area contributed by atoms with Crippen molar-refractivity contribution >= 4 is 5.91 Å². The normalized spacial score (nSPS) is 16.7. The smallest absolute Gasteiger partial charge is 0.225 e. The Hall–Kier alpha value is -1.75. The van der Waals surface area contributed by atoms with Crippen molar-refractivity contribution < 1.29 is 19.4 Å². The number of carbonyl (C=O) groups is 1. The van der Waals surface area contributed by atoms with Crippen molar-refractivity contribution in [3.63, 3.8) is 0 Å². The zero-order valence-electron chi connectivity index (χ0n) is 14.2. The van der Waals surface area contributed by atoms with Crippen molar-refractivity contribution in [1.82, 2.24) is 4.90 Å². The van der Waals surface area contributed by atoms with Gasteiger partial charge in [0, 0.05) is 13.0 Å². The Labute approximate surface area is 138 Å². The molecular formula is C18H27NO4. The van der Waals surface area contributed by atoms with Gasteiger partial charge in [-0.15, -0.1) is 0 Å². The Bertz CT molecular complexity index is 526. The summed E-state index contributed by atoms with van der Waals surface area (Å²) in [5.74, 6) is 1.45. The first-order chi connectivity index (χ1) is 11.1. The second kappa shape index (κ2) is 8.20. The van der Waals surface area contributed by atoms with Gasteiger partial charge in [0.15, 0.2) is 11.5 Å². The standard InChI is InChI=1S/C18H27NO4/c1-19(18(21)13-7-5-4-6-8-13)12-15(20)14-9-10-16(22-2)17(11-14)23-3/h9-11,13,15,20H,4-8,12H2,1-3H3. The second-order valence-corrected chi connectivity index (χ2v) is 6.18. The third-order valence-corrected chi connectivity index (χ3v) is 4.57. The van der Waals surface area contributed by atoms with Crippen LogP contribution in [-0.2, 0) is 4.79 Å². The lowest BCUT2D eigenvalue weighted by Crippen LogP contribution is -2.36. The summed E-state index contributed by atoms with van der Waals surface area (Å²) in [4.78, 5) is 14.1. The molecule has 1 aliphatic carbocycles. The predicted octanol–water partition coefficient (Wildman–Crippen LogP) is 2.78. The molecule has 5 nitrogen and oxygen atoms in total. The molecule has 0 spiro atoms. The molecule has 0 aliphatic heterocycles. The van der Waals surface area contributed by atoms with Gasteiger partial charge in [-0.05, 0) is 30.5 Å². The molecule has 1 aromatic carbocycles. The van der Waals surface area contributed by atoms with Crippen LogP contribution < -0.4 is 9.47 Å². The van der Waals surface area contributed by atoms with Crippen LogP contribution >= 0.6 is 0 Å². The molecule has 1 saturated carbocycles. The summed E-state index contributed by atoms with van der Waals surface area (Å²) in [6, 6.07) is 5.31. The number of ether oxygens (including phenoxy) is 2. The number of nitrogens with zero attached hydrogens (tertiary/aromatic N) is 1. The van der Waals surface area contributed by atoms with E-state index < -0.39 is 6.10 Å². The molecule has 1 amide bonds. The molecule has 5 heteroatoms. The molecule has 1 unspecified atom stereocenters. The van der Waals surface area contributed by atoms with Crippen molar-refractivity contribution in [2.75, 3.05) is 27.8 Å². The molecule has 0 heterocycles. The van der Waals surface area contributed by atoms with Gasteiger partial charge >= 0.3 is 0 Å². The average Bonchev–Trinajstić information content (AvgIpc) is 2.60. The minimum absolute atomic E-state index is 0.117. The Morgan fingerprint density at radius 1 is 1.22 bits per heavy atom. The van der Waals surface area contributed by atoms with Gasteiger partial charge < -0.3 is 19.5 Å². The fraction of sp³-hybridized carbons (Fsp3) is 0.611. The maximum absolute atomic E-state index is 12.5. The number of benzene rings is 1. The van der Waals surface area contributed by atoms with E-state index in [1.54, 1.807) is 44.4 Å². The summed E-state index contributed by atoms with van der Waals surface area (Å²) in [5, 5.41) is 10.4. The molecule has 23 heavy (non-hydrogen) atoms. The Morgan fingerprint density at radius 3 is 2.48 bits per heavy atom. The highest BCUT2D eigenvalue weighted by molar-refractivity contribution is 5.78. The van der Waals surface area contributed by atoms with Crippen molar-refractivity contribution in [3.8, 4) is 11.5 Å². The highest BCUT2D eigenvalue weighted by Crippen LogP contribution is 2.30. The zero-order chi connectivity index (χ0) is 16.8. The molecule has 1 atom stereocenters. The lowest BCUT2D eigenvalue weighted by molar-refractivity contribution is -0.136. The highest BCUT2D eigenvalue weighted by Gasteiger charge is 2.25. The monoisotopic (exact) mass is 321 g/mol. The Morgan fingerprint density at radius 2 is 1.87 bits per heavy atom. The maximum atomic E-state index is 12.5. The van der Waals surface area contributed by atoms with Crippen LogP contribution in [0.25, 0.3) is 0 Å². The summed E-state index contributed by atoms with van der Waals surface area (Å²) in [5.41, 5.74) is 0.714. The van der Waals surface area contributed by atoms with Gasteiger partial charge in [0.2, 0.25) is 5.91 Å². The molecule has 1 aliphatic rings. The third-order valence-electron chi connectivity index (χ3n) is 4.57. The number of amides is 1. The number of aliphatic hydroxyl groups is 1. The Balaban J connectivity index is 2.00. The van der Waals surface area contributed by atoms with Gasteiger partial charge in [-0.25, -0.2) is 0 Å².